The van der Waals surface area contributed by atoms with Crippen LogP contribution in [0.4, 0.5) is 0 Å². The van der Waals surface area contributed by atoms with Gasteiger partial charge in [0.15, 0.2) is 24.6 Å². The maximum Gasteiger partial charge on any atom is 0.303 e. The van der Waals surface area contributed by atoms with Gasteiger partial charge in [-0.15, -0.1) is 0 Å². The van der Waals surface area contributed by atoms with Crippen molar-refractivity contribution in [3.8, 4) is 0 Å². The molecule has 0 radical (unpaired) electrons. The van der Waals surface area contributed by atoms with Crippen molar-refractivity contribution in [3.05, 3.63) is 0 Å². The van der Waals surface area contributed by atoms with Gasteiger partial charge in [-0.1, -0.05) is 0 Å². The van der Waals surface area contributed by atoms with Crippen LogP contribution in [0.15, 0.2) is 0 Å². The highest BCUT2D eigenvalue weighted by molar-refractivity contribution is 5.68. The molecular weight excluding hydrogens is 298 g/mol. The summed E-state index contributed by atoms with van der Waals surface area (Å²) in [6.45, 7) is 3.93. The molecule has 9 nitrogen and oxygen atoms in total. The lowest BCUT2D eigenvalue weighted by Crippen LogP contribution is -2.58. The highest BCUT2D eigenvalue weighted by Crippen LogP contribution is 2.25. The molecule has 0 saturated carbocycles. The molecule has 1 saturated heterocycles. The SMILES string of the molecule is CC(=O)O[C@@H]1[C@@H](OC(C)=O)[C@@H](OCCN)OC[C@@H]1OC(C)=O. The Balaban J connectivity index is 2.95. The van der Waals surface area contributed by atoms with Gasteiger partial charge in [-0.25, -0.2) is 0 Å². The summed E-state index contributed by atoms with van der Waals surface area (Å²) in [4.78, 5) is 33.7. The number of hydrogen-bond acceptors (Lipinski definition) is 9. The number of esters is 3. The number of ether oxygens (including phenoxy) is 5. The van der Waals surface area contributed by atoms with Gasteiger partial charge in [0.2, 0.25) is 0 Å². The van der Waals surface area contributed by atoms with Crippen LogP contribution in [0.1, 0.15) is 20.8 Å². The highest BCUT2D eigenvalue weighted by Gasteiger charge is 2.47. The van der Waals surface area contributed by atoms with Crippen molar-refractivity contribution in [2.24, 2.45) is 5.73 Å². The van der Waals surface area contributed by atoms with Crippen molar-refractivity contribution in [2.45, 2.75) is 45.4 Å². The predicted molar refractivity (Wildman–Crippen MR) is 71.4 cm³/mol. The van der Waals surface area contributed by atoms with Crippen LogP contribution in [0.5, 0.6) is 0 Å². The Labute approximate surface area is 128 Å². The van der Waals surface area contributed by atoms with E-state index in [-0.39, 0.29) is 19.8 Å². The number of carbonyl (C=O) groups is 3. The van der Waals surface area contributed by atoms with Crippen LogP contribution >= 0.6 is 0 Å². The molecule has 0 aromatic rings. The molecule has 0 amide bonds. The molecule has 2 N–H and O–H groups in total. The maximum absolute atomic E-state index is 11.3. The van der Waals surface area contributed by atoms with Crippen molar-refractivity contribution in [1.29, 1.82) is 0 Å². The summed E-state index contributed by atoms with van der Waals surface area (Å²) in [6.07, 6.45) is -3.96. The zero-order valence-corrected chi connectivity index (χ0v) is 12.8. The Bertz CT molecular complexity index is 413. The molecular formula is C13H21NO8. The van der Waals surface area contributed by atoms with Gasteiger partial charge < -0.3 is 29.4 Å². The summed E-state index contributed by atoms with van der Waals surface area (Å²) in [5.74, 6) is -1.80. The van der Waals surface area contributed by atoms with Crippen LogP contribution in [0.2, 0.25) is 0 Å². The van der Waals surface area contributed by atoms with Crippen molar-refractivity contribution < 1.29 is 38.1 Å². The molecule has 1 aliphatic rings. The minimum absolute atomic E-state index is 0.0650. The van der Waals surface area contributed by atoms with Crippen LogP contribution in [-0.2, 0) is 38.1 Å². The first kappa shape index (κ1) is 18.3. The monoisotopic (exact) mass is 319 g/mol. The third kappa shape index (κ3) is 5.58. The fourth-order valence-corrected chi connectivity index (χ4v) is 2.04. The molecule has 126 valence electrons. The fourth-order valence-electron chi connectivity index (χ4n) is 2.04. The minimum atomic E-state index is -1.06. The molecule has 1 aliphatic heterocycles. The summed E-state index contributed by atoms with van der Waals surface area (Å²) in [5.41, 5.74) is 5.36. The standard InChI is InChI=1S/C13H21NO8/c1-7(15)20-10-6-19-13(18-5-4-14)12(22-9(3)17)11(10)21-8(2)16/h10-13H,4-6,14H2,1-3H3/t10-,11-,12+,13-/m0/s1. The van der Waals surface area contributed by atoms with E-state index in [1.165, 1.54) is 20.8 Å². The van der Waals surface area contributed by atoms with Gasteiger partial charge >= 0.3 is 17.9 Å². The number of hydrogen-bond donors (Lipinski definition) is 1. The molecule has 0 aromatic heterocycles. The number of rotatable bonds is 6. The van der Waals surface area contributed by atoms with Crippen molar-refractivity contribution >= 4 is 17.9 Å². The zero-order valence-electron chi connectivity index (χ0n) is 12.8. The molecule has 1 heterocycles. The average Bonchev–Trinajstić information content (AvgIpc) is 2.40. The Morgan fingerprint density at radius 2 is 1.55 bits per heavy atom. The van der Waals surface area contributed by atoms with E-state index in [0.29, 0.717) is 0 Å². The van der Waals surface area contributed by atoms with Gasteiger partial charge in [0.05, 0.1) is 13.2 Å². The van der Waals surface area contributed by atoms with Crippen LogP contribution in [0.25, 0.3) is 0 Å². The molecule has 0 bridgehead atoms. The van der Waals surface area contributed by atoms with E-state index in [2.05, 4.69) is 0 Å². The molecule has 0 unspecified atom stereocenters. The summed E-state index contributed by atoms with van der Waals surface area (Å²) in [5, 5.41) is 0. The van der Waals surface area contributed by atoms with Gasteiger partial charge in [0.1, 0.15) is 0 Å². The lowest BCUT2D eigenvalue weighted by atomic mass is 10.0. The van der Waals surface area contributed by atoms with E-state index < -0.39 is 42.5 Å². The van der Waals surface area contributed by atoms with E-state index in [0.717, 1.165) is 0 Å². The number of carbonyl (C=O) groups excluding carboxylic acids is 3. The first-order chi connectivity index (χ1) is 10.3. The van der Waals surface area contributed by atoms with Gasteiger partial charge in [-0.3, -0.25) is 14.4 Å². The lowest BCUT2D eigenvalue weighted by molar-refractivity contribution is -0.280. The van der Waals surface area contributed by atoms with Gasteiger partial charge in [-0.05, 0) is 0 Å². The molecule has 0 aromatic carbocycles. The Hall–Kier alpha value is -1.71. The second-order valence-electron chi connectivity index (χ2n) is 4.66. The summed E-state index contributed by atoms with van der Waals surface area (Å²) in [7, 11) is 0. The van der Waals surface area contributed by atoms with E-state index in [1.54, 1.807) is 0 Å². The highest BCUT2D eigenvalue weighted by atomic mass is 16.7. The summed E-state index contributed by atoms with van der Waals surface area (Å²) >= 11 is 0. The molecule has 4 atom stereocenters. The maximum atomic E-state index is 11.3. The normalized spacial score (nSPS) is 27.8. The van der Waals surface area contributed by atoms with E-state index in [4.69, 9.17) is 29.4 Å². The average molecular weight is 319 g/mol. The van der Waals surface area contributed by atoms with Crippen LogP contribution in [0.3, 0.4) is 0 Å². The van der Waals surface area contributed by atoms with Gasteiger partial charge in [-0.2, -0.15) is 0 Å². The first-order valence-corrected chi connectivity index (χ1v) is 6.80. The van der Waals surface area contributed by atoms with Crippen LogP contribution in [-0.4, -0.2) is 62.3 Å². The van der Waals surface area contributed by atoms with E-state index in [9.17, 15) is 14.4 Å². The zero-order chi connectivity index (χ0) is 16.7. The Morgan fingerprint density at radius 1 is 1.00 bits per heavy atom. The molecule has 22 heavy (non-hydrogen) atoms. The van der Waals surface area contributed by atoms with E-state index in [1.807, 2.05) is 0 Å². The molecule has 0 spiro atoms. The lowest BCUT2D eigenvalue weighted by Gasteiger charge is -2.40. The predicted octanol–water partition coefficient (Wildman–Crippen LogP) is -0.887. The van der Waals surface area contributed by atoms with Crippen molar-refractivity contribution in [2.75, 3.05) is 19.8 Å². The second kappa shape index (κ2) is 8.66. The van der Waals surface area contributed by atoms with Crippen LogP contribution in [0, 0.1) is 0 Å². The smallest absolute Gasteiger partial charge is 0.303 e. The number of nitrogens with two attached hydrogens (primary N) is 1. The third-order valence-electron chi connectivity index (χ3n) is 2.70. The van der Waals surface area contributed by atoms with Crippen molar-refractivity contribution in [1.82, 2.24) is 0 Å². The van der Waals surface area contributed by atoms with Crippen molar-refractivity contribution in [3.63, 3.8) is 0 Å². The molecule has 9 heteroatoms. The molecule has 1 rings (SSSR count). The Morgan fingerprint density at radius 3 is 2.05 bits per heavy atom. The second-order valence-corrected chi connectivity index (χ2v) is 4.66. The minimum Gasteiger partial charge on any atom is -0.456 e. The summed E-state index contributed by atoms with van der Waals surface area (Å²) < 4.78 is 26.1. The largest absolute Gasteiger partial charge is 0.456 e. The van der Waals surface area contributed by atoms with Gasteiger partial charge in [0.25, 0.3) is 0 Å². The third-order valence-corrected chi connectivity index (χ3v) is 2.70. The topological polar surface area (TPSA) is 123 Å². The first-order valence-electron chi connectivity index (χ1n) is 6.80. The molecule has 1 fully saturated rings. The summed E-state index contributed by atoms with van der Waals surface area (Å²) in [6, 6.07) is 0. The fraction of sp³-hybridized carbons (Fsp3) is 0.769. The van der Waals surface area contributed by atoms with Crippen LogP contribution < -0.4 is 5.73 Å². The van der Waals surface area contributed by atoms with Gasteiger partial charge in [0, 0.05) is 27.3 Å². The molecule has 0 aliphatic carbocycles. The quantitative estimate of drug-likeness (QED) is 0.490. The van der Waals surface area contributed by atoms with E-state index >= 15 is 0 Å². The Kier molecular flexibility index (Phi) is 7.22.